The molecule has 0 aromatic heterocycles. The van der Waals surface area contributed by atoms with Crippen LogP contribution in [0.15, 0.2) is 23.1 Å². The summed E-state index contributed by atoms with van der Waals surface area (Å²) in [7, 11) is -3.69. The number of likely N-dealkylation sites (tertiary alicyclic amines) is 1. The molecule has 0 bridgehead atoms. The lowest BCUT2D eigenvalue weighted by molar-refractivity contribution is -0.192. The molecule has 2 atom stereocenters. The number of carboxylic acid groups (broad SMARTS) is 1. The Morgan fingerprint density at radius 2 is 1.64 bits per heavy atom. The van der Waals surface area contributed by atoms with E-state index in [4.69, 9.17) is 9.90 Å². The van der Waals surface area contributed by atoms with Crippen molar-refractivity contribution in [3.8, 4) is 0 Å². The fourth-order valence-corrected chi connectivity index (χ4v) is 6.65. The molecule has 3 rings (SSSR count). The maximum Gasteiger partial charge on any atom is 0.490 e. The van der Waals surface area contributed by atoms with Crippen LogP contribution in [-0.4, -0.2) is 104 Å². The van der Waals surface area contributed by atoms with Crippen molar-refractivity contribution in [3.63, 3.8) is 0 Å². The van der Waals surface area contributed by atoms with Gasteiger partial charge in [-0.25, -0.2) is 13.2 Å². The Balaban J connectivity index is 0.000000673. The van der Waals surface area contributed by atoms with Crippen molar-refractivity contribution >= 4 is 21.9 Å². The summed E-state index contributed by atoms with van der Waals surface area (Å²) in [5, 5.41) is 10.4. The van der Waals surface area contributed by atoms with Gasteiger partial charge in [0.1, 0.15) is 0 Å². The number of carboxylic acids is 1. The van der Waals surface area contributed by atoms with Crippen molar-refractivity contribution in [2.24, 2.45) is 0 Å². The van der Waals surface area contributed by atoms with Gasteiger partial charge in [-0.2, -0.15) is 17.5 Å². The predicted octanol–water partition coefficient (Wildman–Crippen LogP) is 3.01. The number of rotatable bonds is 8. The molecule has 1 aromatic rings. The Kier molecular flexibility index (Phi) is 12.2. The van der Waals surface area contributed by atoms with Gasteiger partial charge in [-0.15, -0.1) is 0 Å². The van der Waals surface area contributed by atoms with Crippen molar-refractivity contribution < 1.29 is 36.3 Å². The third kappa shape index (κ3) is 9.73. The molecule has 0 aliphatic carbocycles. The number of alkyl halides is 3. The van der Waals surface area contributed by atoms with E-state index in [0.29, 0.717) is 43.2 Å². The molecule has 1 amide bonds. The number of piperazine rings is 1. The Morgan fingerprint density at radius 1 is 1.08 bits per heavy atom. The van der Waals surface area contributed by atoms with Crippen LogP contribution in [0.2, 0.25) is 0 Å². The minimum absolute atomic E-state index is 0.0346. The smallest absolute Gasteiger partial charge is 0.475 e. The van der Waals surface area contributed by atoms with Gasteiger partial charge >= 0.3 is 12.1 Å². The number of piperidine rings is 1. The average Bonchev–Trinajstić information content (AvgIpc) is 2.86. The van der Waals surface area contributed by atoms with Crippen LogP contribution < -0.4 is 5.32 Å². The van der Waals surface area contributed by atoms with Crippen LogP contribution in [0.5, 0.6) is 0 Å². The lowest BCUT2D eigenvalue weighted by Gasteiger charge is -2.40. The molecular weight excluding hydrogens is 537 g/mol. The van der Waals surface area contributed by atoms with E-state index >= 15 is 0 Å². The molecule has 2 unspecified atom stereocenters. The van der Waals surface area contributed by atoms with Crippen LogP contribution in [0, 0.1) is 13.8 Å². The van der Waals surface area contributed by atoms with Crippen LogP contribution in [0.3, 0.4) is 0 Å². The van der Waals surface area contributed by atoms with Crippen LogP contribution in [0.1, 0.15) is 50.7 Å². The molecule has 13 heteroatoms. The maximum absolute atomic E-state index is 13.7. The molecule has 2 heterocycles. The van der Waals surface area contributed by atoms with E-state index < -0.39 is 22.2 Å². The summed E-state index contributed by atoms with van der Waals surface area (Å²) in [6, 6.07) is 6.45. The number of hydrogen-bond acceptors (Lipinski definition) is 6. The number of benzene rings is 1. The van der Waals surface area contributed by atoms with Crippen LogP contribution in [-0.2, 0) is 19.6 Å². The van der Waals surface area contributed by atoms with E-state index in [1.807, 2.05) is 30.9 Å². The monoisotopic (exact) mass is 578 g/mol. The number of halogens is 3. The summed E-state index contributed by atoms with van der Waals surface area (Å²) in [6.07, 6.45) is -1.34. The number of aliphatic carboxylic acids is 1. The predicted molar refractivity (Wildman–Crippen MR) is 142 cm³/mol. The third-order valence-electron chi connectivity index (χ3n) is 7.23. The number of nitrogens with zero attached hydrogens (tertiary/aromatic N) is 3. The first kappa shape index (κ1) is 33.0. The molecule has 0 saturated carbocycles. The van der Waals surface area contributed by atoms with E-state index in [9.17, 15) is 26.4 Å². The van der Waals surface area contributed by atoms with Crippen molar-refractivity contribution in [3.05, 3.63) is 29.3 Å². The SMILES string of the molecule is Cc1ccc(C)c(S(=O)(=O)N(CCC(=O)N2CCNCC2)CCN2C(C)CCCC2C)c1.O=C(O)C(F)(F)F. The molecule has 9 nitrogen and oxygen atoms in total. The minimum atomic E-state index is -5.08. The largest absolute Gasteiger partial charge is 0.490 e. The number of aryl methyl sites for hydroxylation is 2. The molecule has 2 fully saturated rings. The van der Waals surface area contributed by atoms with Crippen LogP contribution in [0.25, 0.3) is 0 Å². The standard InChI is InChI=1S/C24H40N4O3S.C2HF3O2/c1-19-8-9-20(2)23(18-19)32(30,31)27(13-10-24(29)26-14-11-25-12-15-26)16-17-28-21(3)6-5-7-22(28)4;3-2(4,5)1(6)7/h8-9,18,21-22,25H,5-7,10-17H2,1-4H3;(H,6,7). The molecule has 2 aliphatic heterocycles. The van der Waals surface area contributed by atoms with Gasteiger partial charge in [0.05, 0.1) is 4.90 Å². The van der Waals surface area contributed by atoms with Crippen LogP contribution in [0.4, 0.5) is 13.2 Å². The van der Waals surface area contributed by atoms with Gasteiger partial charge in [-0.3, -0.25) is 9.69 Å². The molecule has 2 aliphatic rings. The van der Waals surface area contributed by atoms with Crippen molar-refractivity contribution in [1.82, 2.24) is 19.4 Å². The number of amides is 1. The highest BCUT2D eigenvalue weighted by Crippen LogP contribution is 2.25. The molecule has 0 spiro atoms. The average molecular weight is 579 g/mol. The molecule has 0 radical (unpaired) electrons. The first-order valence-electron chi connectivity index (χ1n) is 13.3. The summed E-state index contributed by atoms with van der Waals surface area (Å²) in [6.45, 7) is 12.5. The van der Waals surface area contributed by atoms with Gasteiger partial charge in [-0.05, 0) is 57.7 Å². The molecule has 2 saturated heterocycles. The molecule has 222 valence electrons. The van der Waals surface area contributed by atoms with E-state index in [1.54, 1.807) is 10.4 Å². The number of hydrogen-bond donors (Lipinski definition) is 2. The Bertz CT molecular complexity index is 1070. The van der Waals surface area contributed by atoms with E-state index in [0.717, 1.165) is 37.1 Å². The second-order valence-corrected chi connectivity index (χ2v) is 12.1. The Labute approximate surface area is 229 Å². The minimum Gasteiger partial charge on any atom is -0.475 e. The zero-order valence-corrected chi connectivity index (χ0v) is 23.9. The number of carbonyl (C=O) groups excluding carboxylic acids is 1. The fourth-order valence-electron chi connectivity index (χ4n) is 4.91. The van der Waals surface area contributed by atoms with Gasteiger partial charge in [0.25, 0.3) is 0 Å². The van der Waals surface area contributed by atoms with Gasteiger partial charge < -0.3 is 15.3 Å². The summed E-state index contributed by atoms with van der Waals surface area (Å²) < 4.78 is 60.7. The normalized spacial score (nSPS) is 20.9. The topological polar surface area (TPSA) is 110 Å². The van der Waals surface area contributed by atoms with Crippen molar-refractivity contribution in [1.29, 1.82) is 0 Å². The van der Waals surface area contributed by atoms with Gasteiger partial charge in [-0.1, -0.05) is 18.6 Å². The van der Waals surface area contributed by atoms with Crippen molar-refractivity contribution in [2.75, 3.05) is 45.8 Å². The highest BCUT2D eigenvalue weighted by Gasteiger charge is 2.38. The first-order valence-corrected chi connectivity index (χ1v) is 14.7. The van der Waals surface area contributed by atoms with Crippen LogP contribution >= 0.6 is 0 Å². The lowest BCUT2D eigenvalue weighted by atomic mass is 9.98. The van der Waals surface area contributed by atoms with E-state index in [-0.39, 0.29) is 18.9 Å². The molecule has 2 N–H and O–H groups in total. The van der Waals surface area contributed by atoms with E-state index in [1.165, 1.54) is 6.42 Å². The maximum atomic E-state index is 13.7. The second kappa shape index (κ2) is 14.4. The fraction of sp³-hybridized carbons (Fsp3) is 0.692. The highest BCUT2D eigenvalue weighted by molar-refractivity contribution is 7.89. The van der Waals surface area contributed by atoms with Gasteiger partial charge in [0.2, 0.25) is 15.9 Å². The summed E-state index contributed by atoms with van der Waals surface area (Å²) in [5.41, 5.74) is 1.66. The highest BCUT2D eigenvalue weighted by atomic mass is 32.2. The Hall–Kier alpha value is -2.22. The van der Waals surface area contributed by atoms with Gasteiger partial charge in [0, 0.05) is 64.3 Å². The summed E-state index contributed by atoms with van der Waals surface area (Å²) in [5.74, 6) is -2.72. The van der Waals surface area contributed by atoms with E-state index in [2.05, 4.69) is 24.1 Å². The third-order valence-corrected chi connectivity index (χ3v) is 9.27. The number of nitrogens with one attached hydrogen (secondary N) is 1. The second-order valence-electron chi connectivity index (χ2n) is 10.2. The molecule has 39 heavy (non-hydrogen) atoms. The van der Waals surface area contributed by atoms with Crippen molar-refractivity contribution in [2.45, 2.75) is 76.5 Å². The lowest BCUT2D eigenvalue weighted by Crippen LogP contribution is -2.49. The molecular formula is C26H41F3N4O5S. The Morgan fingerprint density at radius 3 is 2.18 bits per heavy atom. The summed E-state index contributed by atoms with van der Waals surface area (Å²) >= 11 is 0. The summed E-state index contributed by atoms with van der Waals surface area (Å²) in [4.78, 5) is 26.3. The number of carbonyl (C=O) groups is 2. The zero-order valence-electron chi connectivity index (χ0n) is 23.1. The van der Waals surface area contributed by atoms with Gasteiger partial charge in [0.15, 0.2) is 0 Å². The quantitative estimate of drug-likeness (QED) is 0.488. The first-order chi connectivity index (χ1) is 18.1. The molecule has 1 aromatic carbocycles. The zero-order chi connectivity index (χ0) is 29.4. The number of sulfonamides is 1.